The Morgan fingerprint density at radius 1 is 1.33 bits per heavy atom. The summed E-state index contributed by atoms with van der Waals surface area (Å²) in [7, 11) is 0. The van der Waals surface area contributed by atoms with Crippen molar-refractivity contribution in [1.82, 2.24) is 5.32 Å². The van der Waals surface area contributed by atoms with Crippen molar-refractivity contribution in [3.8, 4) is 0 Å². The largest absolute Gasteiger partial charge is 0.481 e. The SMILES string of the molecule is Cc1ccc(C(=O)NCC(CC(=O)O)CC(C)C)c(Br)c1. The molecule has 21 heavy (non-hydrogen) atoms. The van der Waals surface area contributed by atoms with Crippen molar-refractivity contribution in [1.29, 1.82) is 0 Å². The molecule has 0 saturated heterocycles. The van der Waals surface area contributed by atoms with Gasteiger partial charge in [0.2, 0.25) is 0 Å². The van der Waals surface area contributed by atoms with Gasteiger partial charge in [0.1, 0.15) is 0 Å². The molecule has 2 N–H and O–H groups in total. The van der Waals surface area contributed by atoms with E-state index in [0.717, 1.165) is 16.5 Å². The van der Waals surface area contributed by atoms with Gasteiger partial charge in [-0.05, 0) is 58.8 Å². The maximum Gasteiger partial charge on any atom is 0.303 e. The molecule has 0 radical (unpaired) electrons. The standard InChI is InChI=1S/C16H22BrNO3/c1-10(2)6-12(8-15(19)20)9-18-16(21)13-5-4-11(3)7-14(13)17/h4-5,7,10,12H,6,8-9H2,1-3H3,(H,18,21)(H,19,20). The Kier molecular flexibility index (Phi) is 6.89. The average Bonchev–Trinajstić information content (AvgIpc) is 2.34. The first-order chi connectivity index (χ1) is 9.79. The van der Waals surface area contributed by atoms with Gasteiger partial charge in [0, 0.05) is 17.4 Å². The Balaban J connectivity index is 2.65. The number of aryl methyl sites for hydroxylation is 1. The summed E-state index contributed by atoms with van der Waals surface area (Å²) in [6.45, 7) is 6.43. The van der Waals surface area contributed by atoms with E-state index in [1.807, 2.05) is 32.9 Å². The first-order valence-electron chi connectivity index (χ1n) is 7.05. The first-order valence-corrected chi connectivity index (χ1v) is 7.85. The molecule has 4 nitrogen and oxygen atoms in total. The van der Waals surface area contributed by atoms with Gasteiger partial charge < -0.3 is 10.4 Å². The molecule has 0 aliphatic rings. The van der Waals surface area contributed by atoms with Crippen molar-refractivity contribution in [3.05, 3.63) is 33.8 Å². The van der Waals surface area contributed by atoms with Crippen molar-refractivity contribution in [2.24, 2.45) is 11.8 Å². The molecule has 0 aliphatic heterocycles. The molecule has 0 saturated carbocycles. The van der Waals surface area contributed by atoms with Gasteiger partial charge in [-0.2, -0.15) is 0 Å². The fourth-order valence-corrected chi connectivity index (χ4v) is 2.96. The van der Waals surface area contributed by atoms with E-state index in [1.54, 1.807) is 6.07 Å². The highest BCUT2D eigenvalue weighted by Crippen LogP contribution is 2.19. The minimum Gasteiger partial charge on any atom is -0.481 e. The van der Waals surface area contributed by atoms with Crippen LogP contribution in [-0.2, 0) is 4.79 Å². The van der Waals surface area contributed by atoms with E-state index >= 15 is 0 Å². The van der Waals surface area contributed by atoms with E-state index in [0.29, 0.717) is 18.0 Å². The van der Waals surface area contributed by atoms with Gasteiger partial charge in [-0.15, -0.1) is 0 Å². The van der Waals surface area contributed by atoms with Crippen molar-refractivity contribution in [2.45, 2.75) is 33.6 Å². The Bertz CT molecular complexity index is 514. The Morgan fingerprint density at radius 2 is 2.00 bits per heavy atom. The zero-order chi connectivity index (χ0) is 16.0. The summed E-state index contributed by atoms with van der Waals surface area (Å²) < 4.78 is 0.749. The zero-order valence-electron chi connectivity index (χ0n) is 12.6. The molecule has 0 bridgehead atoms. The third kappa shape index (κ3) is 6.29. The van der Waals surface area contributed by atoms with Gasteiger partial charge in [-0.1, -0.05) is 19.9 Å². The summed E-state index contributed by atoms with van der Waals surface area (Å²) >= 11 is 3.38. The summed E-state index contributed by atoms with van der Waals surface area (Å²) in [6.07, 6.45) is 0.856. The molecule has 0 heterocycles. The van der Waals surface area contributed by atoms with Gasteiger partial charge >= 0.3 is 5.97 Å². The number of rotatable bonds is 7. The van der Waals surface area contributed by atoms with Crippen LogP contribution in [0.15, 0.2) is 22.7 Å². The second kappa shape index (κ2) is 8.17. The molecule has 1 aromatic carbocycles. The molecule has 116 valence electrons. The number of carboxylic acids is 1. The molecule has 1 aromatic rings. The van der Waals surface area contributed by atoms with Crippen LogP contribution in [0.5, 0.6) is 0 Å². The van der Waals surface area contributed by atoms with Crippen molar-refractivity contribution >= 4 is 27.8 Å². The van der Waals surface area contributed by atoms with E-state index in [-0.39, 0.29) is 18.2 Å². The van der Waals surface area contributed by atoms with Gasteiger partial charge in [-0.25, -0.2) is 0 Å². The molecular formula is C16H22BrNO3. The van der Waals surface area contributed by atoms with Crippen LogP contribution >= 0.6 is 15.9 Å². The van der Waals surface area contributed by atoms with E-state index in [9.17, 15) is 9.59 Å². The third-order valence-corrected chi connectivity index (χ3v) is 3.84. The highest BCUT2D eigenvalue weighted by atomic mass is 79.9. The normalized spacial score (nSPS) is 12.2. The van der Waals surface area contributed by atoms with E-state index in [1.165, 1.54) is 0 Å². The van der Waals surface area contributed by atoms with Crippen molar-refractivity contribution in [2.75, 3.05) is 6.54 Å². The maximum atomic E-state index is 12.2. The Labute approximate surface area is 134 Å². The Morgan fingerprint density at radius 3 is 2.52 bits per heavy atom. The number of halogens is 1. The van der Waals surface area contributed by atoms with Crippen LogP contribution in [-0.4, -0.2) is 23.5 Å². The molecular weight excluding hydrogens is 334 g/mol. The number of carbonyl (C=O) groups is 2. The number of hydrogen-bond acceptors (Lipinski definition) is 2. The zero-order valence-corrected chi connectivity index (χ0v) is 14.2. The van der Waals surface area contributed by atoms with E-state index in [4.69, 9.17) is 5.11 Å². The number of nitrogens with one attached hydrogen (secondary N) is 1. The molecule has 0 spiro atoms. The lowest BCUT2D eigenvalue weighted by atomic mass is 9.94. The lowest BCUT2D eigenvalue weighted by Crippen LogP contribution is -2.31. The van der Waals surface area contributed by atoms with Crippen molar-refractivity contribution < 1.29 is 14.7 Å². The molecule has 0 aromatic heterocycles. The summed E-state index contributed by atoms with van der Waals surface area (Å²) in [5.41, 5.74) is 1.64. The van der Waals surface area contributed by atoms with E-state index in [2.05, 4.69) is 21.2 Å². The van der Waals surface area contributed by atoms with Gasteiger partial charge in [0.05, 0.1) is 5.56 Å². The topological polar surface area (TPSA) is 66.4 Å². The molecule has 0 fully saturated rings. The fourth-order valence-electron chi connectivity index (χ4n) is 2.29. The number of hydrogen-bond donors (Lipinski definition) is 2. The van der Waals surface area contributed by atoms with Crippen LogP contribution in [0.3, 0.4) is 0 Å². The second-order valence-electron chi connectivity index (χ2n) is 5.79. The number of amides is 1. The molecule has 0 aliphatic carbocycles. The minimum atomic E-state index is -0.827. The van der Waals surface area contributed by atoms with Crippen LogP contribution in [0.2, 0.25) is 0 Å². The van der Waals surface area contributed by atoms with E-state index < -0.39 is 5.97 Å². The Hall–Kier alpha value is -1.36. The van der Waals surface area contributed by atoms with Gasteiger partial charge in [-0.3, -0.25) is 9.59 Å². The average molecular weight is 356 g/mol. The van der Waals surface area contributed by atoms with Gasteiger partial charge in [0.15, 0.2) is 0 Å². The van der Waals surface area contributed by atoms with Crippen LogP contribution in [0.25, 0.3) is 0 Å². The highest BCUT2D eigenvalue weighted by Gasteiger charge is 2.17. The fraction of sp³-hybridized carbons (Fsp3) is 0.500. The third-order valence-electron chi connectivity index (χ3n) is 3.19. The maximum absolute atomic E-state index is 12.2. The molecule has 5 heteroatoms. The monoisotopic (exact) mass is 355 g/mol. The minimum absolute atomic E-state index is 0.0457. The number of aliphatic carboxylic acids is 1. The predicted octanol–water partition coefficient (Wildman–Crippen LogP) is 3.62. The lowest BCUT2D eigenvalue weighted by Gasteiger charge is -2.18. The molecule has 1 atom stereocenters. The van der Waals surface area contributed by atoms with Crippen molar-refractivity contribution in [3.63, 3.8) is 0 Å². The second-order valence-corrected chi connectivity index (χ2v) is 6.64. The van der Waals surface area contributed by atoms with Crippen LogP contribution in [0.4, 0.5) is 0 Å². The van der Waals surface area contributed by atoms with Crippen LogP contribution < -0.4 is 5.32 Å². The summed E-state index contributed by atoms with van der Waals surface area (Å²) in [6, 6.07) is 5.53. The summed E-state index contributed by atoms with van der Waals surface area (Å²) in [5.74, 6) is -0.652. The first kappa shape index (κ1) is 17.7. The molecule has 1 unspecified atom stereocenters. The predicted molar refractivity (Wildman–Crippen MR) is 86.4 cm³/mol. The lowest BCUT2D eigenvalue weighted by molar-refractivity contribution is -0.138. The van der Waals surface area contributed by atoms with Crippen LogP contribution in [0, 0.1) is 18.8 Å². The van der Waals surface area contributed by atoms with Gasteiger partial charge in [0.25, 0.3) is 5.91 Å². The summed E-state index contributed by atoms with van der Waals surface area (Å²) in [4.78, 5) is 23.0. The highest BCUT2D eigenvalue weighted by molar-refractivity contribution is 9.10. The number of benzene rings is 1. The number of carbonyl (C=O) groups excluding carboxylic acids is 1. The van der Waals surface area contributed by atoms with Crippen LogP contribution in [0.1, 0.15) is 42.6 Å². The quantitative estimate of drug-likeness (QED) is 0.784. The molecule has 1 amide bonds. The summed E-state index contributed by atoms with van der Waals surface area (Å²) in [5, 5.41) is 11.8. The molecule has 1 rings (SSSR count). The number of carboxylic acid groups (broad SMARTS) is 1. The smallest absolute Gasteiger partial charge is 0.303 e.